The molecule has 0 spiro atoms. The fourth-order valence-electron chi connectivity index (χ4n) is 5.90. The van der Waals surface area contributed by atoms with Crippen LogP contribution in [0.25, 0.3) is 28.1 Å². The summed E-state index contributed by atoms with van der Waals surface area (Å²) in [6, 6.07) is -1.20. The number of hydrogen-bond donors (Lipinski definition) is 6. The third kappa shape index (κ3) is 5.08. The predicted octanol–water partition coefficient (Wildman–Crippen LogP) is -1.70. The van der Waals surface area contributed by atoms with Gasteiger partial charge in [0.1, 0.15) is 42.4 Å². The number of phosphoric acid groups is 2. The van der Waals surface area contributed by atoms with E-state index in [-0.39, 0.29) is 33.9 Å². The molecule has 10 atom stereocenters. The number of ether oxygens (including phenoxy) is 2. The van der Waals surface area contributed by atoms with Crippen LogP contribution in [0.4, 0.5) is 5.82 Å². The highest BCUT2D eigenvalue weighted by Gasteiger charge is 2.53. The van der Waals surface area contributed by atoms with Crippen molar-refractivity contribution >= 4 is 49.6 Å². The quantitative estimate of drug-likeness (QED) is 0.112. The van der Waals surface area contributed by atoms with Gasteiger partial charge in [-0.05, 0) is 0 Å². The molecule has 3 fully saturated rings. The van der Waals surface area contributed by atoms with E-state index >= 15 is 0 Å². The first-order valence-corrected chi connectivity index (χ1v) is 16.8. The Hall–Kier alpha value is -3.70. The summed E-state index contributed by atoms with van der Waals surface area (Å²) in [5.74, 6) is 0.232. The van der Waals surface area contributed by atoms with Crippen molar-refractivity contribution in [2.45, 2.75) is 49.0 Å². The van der Waals surface area contributed by atoms with Gasteiger partial charge >= 0.3 is 15.6 Å². The summed E-state index contributed by atoms with van der Waals surface area (Å²) in [4.78, 5) is 57.1. The Morgan fingerprint density at radius 3 is 2.36 bits per heavy atom. The molecule has 8 rings (SSSR count). The maximum atomic E-state index is 13.4. The number of nitrogens with zero attached hydrogens (tertiary/aromatic N) is 8. The number of hydrogen-bond acceptors (Lipinski definition) is 17. The third-order valence-corrected chi connectivity index (χ3v) is 10.00. The van der Waals surface area contributed by atoms with Gasteiger partial charge in [0.15, 0.2) is 35.1 Å². The number of aromatic amines is 1. The number of imidazole rings is 3. The Morgan fingerprint density at radius 2 is 1.57 bits per heavy atom. The van der Waals surface area contributed by atoms with Crippen LogP contribution in [-0.2, 0) is 36.7 Å². The highest BCUT2D eigenvalue weighted by molar-refractivity contribution is 7.47. The van der Waals surface area contributed by atoms with E-state index in [0.717, 1.165) is 0 Å². The summed E-state index contributed by atoms with van der Waals surface area (Å²) in [6.45, 7) is -1.50. The Kier molecular flexibility index (Phi) is 7.11. The van der Waals surface area contributed by atoms with E-state index in [1.807, 2.05) is 0 Å². The van der Waals surface area contributed by atoms with Crippen molar-refractivity contribution in [2.24, 2.45) is 5.73 Å². The fourth-order valence-corrected chi connectivity index (χ4v) is 7.81. The molecule has 0 amide bonds. The minimum Gasteiger partial charge on any atom is -0.387 e. The second kappa shape index (κ2) is 10.9. The molecule has 23 nitrogen and oxygen atoms in total. The molecule has 0 saturated carbocycles. The number of aromatic nitrogens is 9. The molecule has 25 heteroatoms. The van der Waals surface area contributed by atoms with Crippen molar-refractivity contribution in [3.63, 3.8) is 0 Å². The van der Waals surface area contributed by atoms with Crippen LogP contribution in [-0.4, -0.2) is 108 Å². The van der Waals surface area contributed by atoms with E-state index in [4.69, 9.17) is 39.0 Å². The van der Waals surface area contributed by atoms with Gasteiger partial charge in [0.05, 0.1) is 31.9 Å². The zero-order chi connectivity index (χ0) is 32.8. The number of H-pyrrole nitrogens is 1. The number of nitrogens with two attached hydrogens (primary N) is 2. The SMILES string of the molecule is Nc1ncnc2c1ncn2[C@@H]1O[C@@H]2COP(=O)(O)O[C@@H]3[C@H](O)[C@@H](COP(=O)(O)O[C@H]2[C@H]1N)O[C@H]3n1cnc2c(=O)[nH]c3nccn3c21. The number of fused-ring (bicyclic) bond motifs is 7. The Morgan fingerprint density at radius 1 is 0.894 bits per heavy atom. The van der Waals surface area contributed by atoms with E-state index in [1.54, 1.807) is 0 Å². The smallest absolute Gasteiger partial charge is 0.387 e. The number of aliphatic hydroxyl groups is 1. The zero-order valence-corrected chi connectivity index (χ0v) is 25.4. The van der Waals surface area contributed by atoms with Crippen LogP contribution in [0.1, 0.15) is 12.5 Å². The standard InChI is InChI=1S/C22H25N11O12P2/c23-10-14-9(43-20(10)32-6-28-11-16(24)26-5-27-17(11)32)4-41-47(38,39)45-15-13(34)8(3-40-46(36,37)44-14)42-21(15)33-7-29-12-18(35)30-22-25-1-2-31(22)19(12)33/h1-2,5-10,13-15,20-21,34H,3-4,23H2,(H,36,37)(H,38,39)(H2,24,26,27)(H,25,30,35)/t8-,9-,10-,13-,14-,15-,20-,21-/m1/s1. The fraction of sp³-hybridized carbons (Fsp3) is 0.455. The molecule has 250 valence electrons. The highest BCUT2D eigenvalue weighted by Crippen LogP contribution is 2.53. The van der Waals surface area contributed by atoms with Crippen molar-refractivity contribution in [1.82, 2.24) is 43.4 Å². The van der Waals surface area contributed by atoms with E-state index in [9.17, 15) is 28.8 Å². The summed E-state index contributed by atoms with van der Waals surface area (Å²) in [6.07, 6.45) is -3.53. The van der Waals surface area contributed by atoms with Gasteiger partial charge in [0.2, 0.25) is 5.78 Å². The lowest BCUT2D eigenvalue weighted by atomic mass is 10.1. The van der Waals surface area contributed by atoms with Crippen molar-refractivity contribution in [2.75, 3.05) is 18.9 Å². The van der Waals surface area contributed by atoms with E-state index < -0.39 is 83.4 Å². The molecule has 5 aromatic rings. The monoisotopic (exact) mass is 697 g/mol. The second-order valence-corrected chi connectivity index (χ2v) is 13.7. The molecule has 2 unspecified atom stereocenters. The van der Waals surface area contributed by atoms with Crippen LogP contribution in [0.2, 0.25) is 0 Å². The Bertz CT molecular complexity index is 2170. The van der Waals surface area contributed by atoms with Gasteiger partial charge in [-0.3, -0.25) is 41.4 Å². The lowest BCUT2D eigenvalue weighted by Gasteiger charge is -2.26. The Balaban J connectivity index is 1.13. The maximum Gasteiger partial charge on any atom is 0.472 e. The molecule has 2 bridgehead atoms. The van der Waals surface area contributed by atoms with Gasteiger partial charge < -0.3 is 35.8 Å². The summed E-state index contributed by atoms with van der Waals surface area (Å²) < 4.78 is 64.0. The number of aliphatic hydroxyl groups excluding tert-OH is 1. The van der Waals surface area contributed by atoms with E-state index in [0.29, 0.717) is 0 Å². The molecule has 3 saturated heterocycles. The predicted molar refractivity (Wildman–Crippen MR) is 152 cm³/mol. The van der Waals surface area contributed by atoms with Gasteiger partial charge in [0, 0.05) is 12.4 Å². The molecule has 8 N–H and O–H groups in total. The van der Waals surface area contributed by atoms with Gasteiger partial charge in [-0.25, -0.2) is 34.0 Å². The first kappa shape index (κ1) is 30.6. The van der Waals surface area contributed by atoms with Crippen molar-refractivity contribution in [3.05, 3.63) is 41.7 Å². The molecule has 5 aromatic heterocycles. The number of phosphoric ester groups is 2. The minimum atomic E-state index is -5.07. The van der Waals surface area contributed by atoms with Crippen LogP contribution in [0.5, 0.6) is 0 Å². The van der Waals surface area contributed by atoms with Crippen molar-refractivity contribution < 1.29 is 51.6 Å². The highest BCUT2D eigenvalue weighted by atomic mass is 31.2. The first-order valence-electron chi connectivity index (χ1n) is 13.8. The molecular weight excluding hydrogens is 672 g/mol. The molecule has 0 radical (unpaired) electrons. The van der Waals surface area contributed by atoms with Crippen LogP contribution >= 0.6 is 15.6 Å². The van der Waals surface area contributed by atoms with Gasteiger partial charge in [-0.15, -0.1) is 0 Å². The molecule has 3 aliphatic rings. The number of rotatable bonds is 2. The van der Waals surface area contributed by atoms with Gasteiger partial charge in [0.25, 0.3) is 5.56 Å². The van der Waals surface area contributed by atoms with Gasteiger partial charge in [-0.1, -0.05) is 0 Å². The lowest BCUT2D eigenvalue weighted by molar-refractivity contribution is -0.0670. The second-order valence-electron chi connectivity index (χ2n) is 10.8. The van der Waals surface area contributed by atoms with Crippen molar-refractivity contribution in [3.8, 4) is 0 Å². The topological polar surface area (TPSA) is 314 Å². The van der Waals surface area contributed by atoms with Crippen molar-refractivity contribution in [1.29, 1.82) is 0 Å². The summed E-state index contributed by atoms with van der Waals surface area (Å²) >= 11 is 0. The maximum absolute atomic E-state index is 13.4. The first-order chi connectivity index (χ1) is 22.4. The largest absolute Gasteiger partial charge is 0.472 e. The van der Waals surface area contributed by atoms with Crippen LogP contribution in [0.3, 0.4) is 0 Å². The number of anilines is 1. The summed E-state index contributed by atoms with van der Waals surface area (Å²) in [7, 11) is -10.1. The number of nitrogen functional groups attached to an aromatic ring is 1. The normalized spacial score (nSPS) is 36.8. The minimum absolute atomic E-state index is 0.0479. The summed E-state index contributed by atoms with van der Waals surface area (Å²) in [5, 5.41) is 11.2. The third-order valence-electron chi connectivity index (χ3n) is 8.03. The average Bonchev–Trinajstić information content (AvgIpc) is 3.84. The molecule has 3 aliphatic heterocycles. The molecule has 47 heavy (non-hydrogen) atoms. The van der Waals surface area contributed by atoms with E-state index in [2.05, 4.69) is 29.9 Å². The molecule has 0 aromatic carbocycles. The molecule has 0 aliphatic carbocycles. The van der Waals surface area contributed by atoms with Crippen LogP contribution in [0.15, 0.2) is 36.2 Å². The lowest BCUT2D eigenvalue weighted by Crippen LogP contribution is -2.41. The van der Waals surface area contributed by atoms with Gasteiger partial charge in [-0.2, -0.15) is 0 Å². The number of nitrogens with one attached hydrogen (secondary N) is 1. The molecule has 8 heterocycles. The van der Waals surface area contributed by atoms with E-state index in [1.165, 1.54) is 44.9 Å². The Labute approximate surface area is 260 Å². The van der Waals surface area contributed by atoms with Crippen LogP contribution in [0, 0.1) is 0 Å². The van der Waals surface area contributed by atoms with Crippen LogP contribution < -0.4 is 17.0 Å². The molecular formula is C22H25N11O12P2. The zero-order valence-electron chi connectivity index (χ0n) is 23.6. The average molecular weight is 697 g/mol. The summed E-state index contributed by atoms with van der Waals surface area (Å²) in [5.41, 5.74) is 12.3.